The lowest BCUT2D eigenvalue weighted by atomic mass is 10.0. The number of amides is 4. The fourth-order valence-corrected chi connectivity index (χ4v) is 6.96. The van der Waals surface area contributed by atoms with Crippen molar-refractivity contribution < 1.29 is 32.3 Å². The van der Waals surface area contributed by atoms with Gasteiger partial charge in [-0.2, -0.15) is 0 Å². The molecule has 0 unspecified atom stereocenters. The van der Waals surface area contributed by atoms with E-state index in [1.807, 2.05) is 18.2 Å². The van der Waals surface area contributed by atoms with Gasteiger partial charge in [-0.25, -0.2) is 13.2 Å². The Hall–Kier alpha value is -3.61. The summed E-state index contributed by atoms with van der Waals surface area (Å²) in [6.07, 6.45) is 10.4. The molecule has 0 radical (unpaired) electrons. The van der Waals surface area contributed by atoms with E-state index in [9.17, 15) is 27.6 Å². The standard InChI is InChI=1S/C33H49N5O7S/c1-32(2,3)45-31(42)36-24-14-10-13-23(21-24)35-26(30(41)38-19-11-16-27(38)28(34)39)15-9-7-5-6-8-12-22-20-25(22)29(40)37-46(43,44)33(4)17-18-33/h8,10,12-14,21-22,25-27,35H,5-7,9,11,15-20H2,1-4H3,(H2,34,39)(H,36,42)(H,37,40)/b12-8-/t22-,25+,26+,27+/m1/s1. The van der Waals surface area contributed by atoms with Crippen LogP contribution in [0.5, 0.6) is 0 Å². The van der Waals surface area contributed by atoms with Gasteiger partial charge in [-0.15, -0.1) is 0 Å². The van der Waals surface area contributed by atoms with Crippen molar-refractivity contribution in [3.05, 3.63) is 36.4 Å². The van der Waals surface area contributed by atoms with Crippen molar-refractivity contribution in [1.82, 2.24) is 9.62 Å². The molecule has 2 saturated carbocycles. The normalized spacial score (nSPS) is 22.6. The Bertz CT molecular complexity index is 1430. The number of rotatable bonds is 15. The number of unbranched alkanes of at least 4 members (excludes halogenated alkanes) is 3. The Morgan fingerprint density at radius 1 is 1.13 bits per heavy atom. The fourth-order valence-electron chi connectivity index (χ4n) is 5.66. The minimum Gasteiger partial charge on any atom is -0.444 e. The predicted octanol–water partition coefficient (Wildman–Crippen LogP) is 4.43. The van der Waals surface area contributed by atoms with Crippen LogP contribution in [0.25, 0.3) is 0 Å². The predicted molar refractivity (Wildman–Crippen MR) is 176 cm³/mol. The molecule has 4 amide bonds. The first-order chi connectivity index (χ1) is 21.6. The zero-order chi connectivity index (χ0) is 33.7. The van der Waals surface area contributed by atoms with Crippen molar-refractivity contribution in [3.8, 4) is 0 Å². The maximum absolute atomic E-state index is 13.6. The van der Waals surface area contributed by atoms with Crippen LogP contribution in [-0.4, -0.2) is 66.1 Å². The maximum Gasteiger partial charge on any atom is 0.412 e. The highest BCUT2D eigenvalue weighted by Gasteiger charge is 2.52. The van der Waals surface area contributed by atoms with E-state index in [2.05, 4.69) is 15.4 Å². The highest BCUT2D eigenvalue weighted by molar-refractivity contribution is 7.91. The van der Waals surface area contributed by atoms with Gasteiger partial charge in [0.2, 0.25) is 27.7 Å². The average molecular weight is 660 g/mol. The van der Waals surface area contributed by atoms with E-state index >= 15 is 0 Å². The molecule has 3 fully saturated rings. The second kappa shape index (κ2) is 14.4. The Balaban J connectivity index is 1.27. The first-order valence-electron chi connectivity index (χ1n) is 16.3. The Morgan fingerprint density at radius 3 is 2.52 bits per heavy atom. The average Bonchev–Trinajstić information content (AvgIpc) is 3.85. The molecule has 0 aromatic heterocycles. The largest absolute Gasteiger partial charge is 0.444 e. The van der Waals surface area contributed by atoms with Crippen LogP contribution < -0.4 is 21.1 Å². The molecule has 13 heteroatoms. The molecule has 1 aromatic rings. The van der Waals surface area contributed by atoms with Crippen LogP contribution in [0.1, 0.15) is 91.9 Å². The number of carbonyl (C=O) groups is 4. The zero-order valence-electron chi connectivity index (χ0n) is 27.3. The summed E-state index contributed by atoms with van der Waals surface area (Å²) in [5.74, 6) is -1.32. The highest BCUT2D eigenvalue weighted by atomic mass is 32.2. The fraction of sp³-hybridized carbons (Fsp3) is 0.636. The molecular formula is C33H49N5O7S. The van der Waals surface area contributed by atoms with E-state index in [1.54, 1.807) is 50.8 Å². The summed E-state index contributed by atoms with van der Waals surface area (Å²) in [7, 11) is -3.61. The number of hydrogen-bond acceptors (Lipinski definition) is 8. The second-order valence-corrected chi connectivity index (χ2v) is 16.2. The Labute approximate surface area is 272 Å². The number of primary amides is 1. The van der Waals surface area contributed by atoms with Crippen LogP contribution in [0.3, 0.4) is 0 Å². The van der Waals surface area contributed by atoms with Crippen LogP contribution in [-0.2, 0) is 29.1 Å². The molecule has 4 atom stereocenters. The zero-order valence-corrected chi connectivity index (χ0v) is 28.2. The molecule has 1 saturated heterocycles. The third-order valence-electron chi connectivity index (χ3n) is 8.77. The van der Waals surface area contributed by atoms with E-state index in [0.29, 0.717) is 56.4 Å². The van der Waals surface area contributed by atoms with Gasteiger partial charge < -0.3 is 20.7 Å². The quantitative estimate of drug-likeness (QED) is 0.158. The molecule has 1 aliphatic heterocycles. The topological polar surface area (TPSA) is 177 Å². The van der Waals surface area contributed by atoms with E-state index in [4.69, 9.17) is 10.5 Å². The number of sulfonamides is 1. The van der Waals surface area contributed by atoms with Gasteiger partial charge in [0.1, 0.15) is 17.7 Å². The van der Waals surface area contributed by atoms with Gasteiger partial charge in [-0.05, 0) is 103 Å². The lowest BCUT2D eigenvalue weighted by Crippen LogP contribution is -2.49. The van der Waals surface area contributed by atoms with Gasteiger partial charge in [-0.3, -0.25) is 24.4 Å². The number of carbonyl (C=O) groups excluding carboxylic acids is 4. The summed E-state index contributed by atoms with van der Waals surface area (Å²) in [6, 6.07) is 5.84. The van der Waals surface area contributed by atoms with Crippen molar-refractivity contribution in [2.24, 2.45) is 17.6 Å². The van der Waals surface area contributed by atoms with E-state index < -0.39 is 50.4 Å². The SMILES string of the molecule is CC(C)(C)OC(=O)Nc1cccc(N[C@@H](CCCCC/C=C\[C@@H]2C[C@@H]2C(=O)NS(=O)(=O)C2(C)CC2)C(=O)N2CCC[C@H]2C(N)=O)c1. The molecule has 5 N–H and O–H groups in total. The molecule has 254 valence electrons. The number of allylic oxidation sites excluding steroid dienone is 2. The van der Waals surface area contributed by atoms with Crippen LogP contribution in [0.15, 0.2) is 36.4 Å². The van der Waals surface area contributed by atoms with E-state index in [-0.39, 0.29) is 17.7 Å². The summed E-state index contributed by atoms with van der Waals surface area (Å²) >= 11 is 0. The molecule has 1 aromatic carbocycles. The summed E-state index contributed by atoms with van der Waals surface area (Å²) in [5, 5.41) is 6.03. The molecule has 12 nitrogen and oxygen atoms in total. The number of nitrogens with zero attached hydrogens (tertiary/aromatic N) is 1. The minimum atomic E-state index is -3.61. The third-order valence-corrected chi connectivity index (χ3v) is 10.9. The second-order valence-electron chi connectivity index (χ2n) is 14.0. The van der Waals surface area contributed by atoms with Gasteiger partial charge in [0.05, 0.1) is 4.75 Å². The van der Waals surface area contributed by atoms with Gasteiger partial charge in [0.25, 0.3) is 0 Å². The minimum absolute atomic E-state index is 0.0626. The third kappa shape index (κ3) is 9.70. The van der Waals surface area contributed by atoms with Crippen molar-refractivity contribution in [2.75, 3.05) is 17.2 Å². The molecule has 1 heterocycles. The van der Waals surface area contributed by atoms with Crippen molar-refractivity contribution >= 4 is 45.2 Å². The Morgan fingerprint density at radius 2 is 1.85 bits per heavy atom. The summed E-state index contributed by atoms with van der Waals surface area (Å²) < 4.78 is 31.4. The van der Waals surface area contributed by atoms with Crippen LogP contribution >= 0.6 is 0 Å². The van der Waals surface area contributed by atoms with Gasteiger partial charge in [-0.1, -0.05) is 31.1 Å². The van der Waals surface area contributed by atoms with Crippen LogP contribution in [0, 0.1) is 11.8 Å². The molecular weight excluding hydrogens is 610 g/mol. The number of hydrogen-bond donors (Lipinski definition) is 4. The number of ether oxygens (including phenoxy) is 1. The number of nitrogens with two attached hydrogens (primary N) is 1. The lowest BCUT2D eigenvalue weighted by molar-refractivity contribution is -0.138. The summed E-state index contributed by atoms with van der Waals surface area (Å²) in [6.45, 7) is 7.48. The smallest absolute Gasteiger partial charge is 0.412 e. The molecule has 0 bridgehead atoms. The molecule has 3 aliphatic rings. The van der Waals surface area contributed by atoms with Crippen molar-refractivity contribution in [3.63, 3.8) is 0 Å². The molecule has 2 aliphatic carbocycles. The van der Waals surface area contributed by atoms with Gasteiger partial charge in [0, 0.05) is 23.8 Å². The van der Waals surface area contributed by atoms with E-state index in [0.717, 1.165) is 25.7 Å². The van der Waals surface area contributed by atoms with Gasteiger partial charge in [0.15, 0.2) is 0 Å². The molecule has 4 rings (SSSR count). The first kappa shape index (κ1) is 35.2. The van der Waals surface area contributed by atoms with E-state index in [1.165, 1.54) is 0 Å². The highest BCUT2D eigenvalue weighted by Crippen LogP contribution is 2.44. The summed E-state index contributed by atoms with van der Waals surface area (Å²) in [4.78, 5) is 51.9. The van der Waals surface area contributed by atoms with Crippen molar-refractivity contribution in [2.45, 2.75) is 114 Å². The van der Waals surface area contributed by atoms with Crippen LogP contribution in [0.4, 0.5) is 16.2 Å². The van der Waals surface area contributed by atoms with Gasteiger partial charge >= 0.3 is 6.09 Å². The monoisotopic (exact) mass is 659 g/mol. The number of nitrogens with one attached hydrogen (secondary N) is 3. The van der Waals surface area contributed by atoms with Crippen LogP contribution in [0.2, 0.25) is 0 Å². The lowest BCUT2D eigenvalue weighted by Gasteiger charge is -2.28. The number of anilines is 2. The van der Waals surface area contributed by atoms with Crippen molar-refractivity contribution in [1.29, 1.82) is 0 Å². The molecule has 46 heavy (non-hydrogen) atoms. The summed E-state index contributed by atoms with van der Waals surface area (Å²) in [5.41, 5.74) is 6.11. The maximum atomic E-state index is 13.6. The molecule has 0 spiro atoms. The Kier molecular flexibility index (Phi) is 11.1. The number of likely N-dealkylation sites (tertiary alicyclic amines) is 1. The number of benzene rings is 1. The first-order valence-corrected chi connectivity index (χ1v) is 17.8.